The van der Waals surface area contributed by atoms with Gasteiger partial charge in [-0.15, -0.1) is 0 Å². The van der Waals surface area contributed by atoms with Crippen molar-refractivity contribution >= 4 is 17.3 Å². The molecular formula is C13H12N2O4. The molecule has 0 fully saturated rings. The number of nitriles is 1. The fourth-order valence-electron chi connectivity index (χ4n) is 1.55. The van der Waals surface area contributed by atoms with E-state index < -0.39 is 16.6 Å². The summed E-state index contributed by atoms with van der Waals surface area (Å²) in [5, 5.41) is 19.4. The van der Waals surface area contributed by atoms with Gasteiger partial charge in [0, 0.05) is 24.1 Å². The predicted octanol–water partition coefficient (Wildman–Crippen LogP) is 2.29. The number of nitrogens with zero attached hydrogens (tertiary/aromatic N) is 2. The zero-order valence-corrected chi connectivity index (χ0v) is 10.3. The first kappa shape index (κ1) is 14.5. The lowest BCUT2D eigenvalue weighted by molar-refractivity contribution is -0.384. The van der Waals surface area contributed by atoms with E-state index in [-0.39, 0.29) is 29.9 Å². The molecule has 0 spiro atoms. The van der Waals surface area contributed by atoms with Crippen LogP contribution < -0.4 is 0 Å². The van der Waals surface area contributed by atoms with Gasteiger partial charge in [0.25, 0.3) is 5.69 Å². The van der Waals surface area contributed by atoms with Crippen LogP contribution in [0.3, 0.4) is 0 Å². The van der Waals surface area contributed by atoms with Gasteiger partial charge in [-0.2, -0.15) is 5.26 Å². The van der Waals surface area contributed by atoms with E-state index >= 15 is 0 Å². The molecular weight excluding hydrogens is 248 g/mol. The zero-order chi connectivity index (χ0) is 14.4. The Hall–Kier alpha value is -2.55. The van der Waals surface area contributed by atoms with Crippen LogP contribution in [-0.4, -0.2) is 16.5 Å². The quantitative estimate of drug-likeness (QED) is 0.443. The second kappa shape index (κ2) is 6.40. The van der Waals surface area contributed by atoms with Gasteiger partial charge in [0.1, 0.15) is 11.7 Å². The monoisotopic (exact) mass is 260 g/mol. The molecule has 0 bridgehead atoms. The van der Waals surface area contributed by atoms with Gasteiger partial charge < -0.3 is 4.79 Å². The number of non-ortho nitro benzene ring substituents is 1. The Bertz CT molecular complexity index is 543. The molecule has 6 nitrogen and oxygen atoms in total. The molecule has 0 heterocycles. The Labute approximate surface area is 109 Å². The van der Waals surface area contributed by atoms with Crippen molar-refractivity contribution in [1.29, 1.82) is 5.26 Å². The van der Waals surface area contributed by atoms with Crippen molar-refractivity contribution in [2.24, 2.45) is 5.92 Å². The summed E-state index contributed by atoms with van der Waals surface area (Å²) < 4.78 is 0. The summed E-state index contributed by atoms with van der Waals surface area (Å²) >= 11 is 0. The van der Waals surface area contributed by atoms with Crippen molar-refractivity contribution in [3.8, 4) is 6.07 Å². The summed E-state index contributed by atoms with van der Waals surface area (Å²) in [6.07, 6.45) is 0.332. The minimum absolute atomic E-state index is 0.0863. The number of hydrogen-bond donors (Lipinski definition) is 0. The SMILES string of the molecule is CC(=O)CCC(C#N)C(=O)c1ccc([N+](=O)[O-])cc1. The molecule has 0 N–H and O–H groups in total. The van der Waals surface area contributed by atoms with Crippen LogP contribution in [0.5, 0.6) is 0 Å². The highest BCUT2D eigenvalue weighted by Gasteiger charge is 2.20. The van der Waals surface area contributed by atoms with Gasteiger partial charge in [-0.25, -0.2) is 0 Å². The summed E-state index contributed by atoms with van der Waals surface area (Å²) in [6.45, 7) is 1.39. The third kappa shape index (κ3) is 4.00. The molecule has 0 saturated carbocycles. The average molecular weight is 260 g/mol. The molecule has 19 heavy (non-hydrogen) atoms. The molecule has 1 atom stereocenters. The number of benzene rings is 1. The minimum atomic E-state index is -0.898. The molecule has 1 unspecified atom stereocenters. The largest absolute Gasteiger partial charge is 0.300 e. The first-order valence-corrected chi connectivity index (χ1v) is 5.63. The first-order valence-electron chi connectivity index (χ1n) is 5.63. The second-order valence-electron chi connectivity index (χ2n) is 4.09. The maximum Gasteiger partial charge on any atom is 0.269 e. The maximum absolute atomic E-state index is 12.0. The number of carbonyl (C=O) groups is 2. The van der Waals surface area contributed by atoms with Crippen molar-refractivity contribution in [1.82, 2.24) is 0 Å². The van der Waals surface area contributed by atoms with Gasteiger partial charge in [-0.1, -0.05) is 0 Å². The molecule has 1 rings (SSSR count). The molecule has 98 valence electrons. The Morgan fingerprint density at radius 2 is 1.95 bits per heavy atom. The van der Waals surface area contributed by atoms with E-state index in [0.29, 0.717) is 0 Å². The maximum atomic E-state index is 12.0. The molecule has 0 radical (unpaired) electrons. The number of rotatable bonds is 6. The first-order chi connectivity index (χ1) is 8.95. The molecule has 0 saturated heterocycles. The molecule has 6 heteroatoms. The molecule has 0 amide bonds. The van der Waals surface area contributed by atoms with E-state index in [2.05, 4.69) is 0 Å². The van der Waals surface area contributed by atoms with Crippen molar-refractivity contribution in [2.75, 3.05) is 0 Å². The van der Waals surface area contributed by atoms with Crippen LogP contribution in [0.4, 0.5) is 5.69 Å². The Balaban J connectivity index is 2.83. The highest BCUT2D eigenvalue weighted by molar-refractivity contribution is 5.99. The number of hydrogen-bond acceptors (Lipinski definition) is 5. The van der Waals surface area contributed by atoms with Crippen LogP contribution in [0.15, 0.2) is 24.3 Å². The lowest BCUT2D eigenvalue weighted by Crippen LogP contribution is -2.14. The number of carbonyl (C=O) groups excluding carboxylic acids is 2. The van der Waals surface area contributed by atoms with E-state index in [1.54, 1.807) is 0 Å². The third-order valence-corrected chi connectivity index (χ3v) is 2.62. The number of Topliss-reactive ketones (excluding diaryl/α,β-unsaturated/α-hetero) is 2. The molecule has 0 aliphatic carbocycles. The highest BCUT2D eigenvalue weighted by atomic mass is 16.6. The van der Waals surface area contributed by atoms with E-state index in [4.69, 9.17) is 5.26 Å². The van der Waals surface area contributed by atoms with Gasteiger partial charge >= 0.3 is 0 Å². The average Bonchev–Trinajstić information content (AvgIpc) is 2.39. The van der Waals surface area contributed by atoms with Crippen LogP contribution in [0.1, 0.15) is 30.1 Å². The van der Waals surface area contributed by atoms with Crippen LogP contribution in [0.25, 0.3) is 0 Å². The van der Waals surface area contributed by atoms with Gasteiger partial charge in [0.05, 0.1) is 11.0 Å². The Morgan fingerprint density at radius 3 is 2.37 bits per heavy atom. The van der Waals surface area contributed by atoms with Crippen LogP contribution in [0.2, 0.25) is 0 Å². The van der Waals surface area contributed by atoms with Gasteiger partial charge in [-0.05, 0) is 25.5 Å². The molecule has 1 aromatic carbocycles. The number of ketones is 2. The van der Waals surface area contributed by atoms with Gasteiger partial charge in [-0.3, -0.25) is 14.9 Å². The summed E-state index contributed by atoms with van der Waals surface area (Å²) in [7, 11) is 0. The fraction of sp³-hybridized carbons (Fsp3) is 0.308. The van der Waals surface area contributed by atoms with Crippen molar-refractivity contribution in [3.05, 3.63) is 39.9 Å². The predicted molar refractivity (Wildman–Crippen MR) is 66.4 cm³/mol. The smallest absolute Gasteiger partial charge is 0.269 e. The third-order valence-electron chi connectivity index (χ3n) is 2.62. The second-order valence-corrected chi connectivity index (χ2v) is 4.09. The molecule has 0 aromatic heterocycles. The van der Waals surface area contributed by atoms with Crippen molar-refractivity contribution in [3.63, 3.8) is 0 Å². The standard InChI is InChI=1S/C13H12N2O4/c1-9(16)2-3-11(8-14)13(17)10-4-6-12(7-5-10)15(18)19/h4-7,11H,2-3H2,1H3. The molecule has 0 aliphatic heterocycles. The number of nitro benzene ring substituents is 1. The van der Waals surface area contributed by atoms with Crippen LogP contribution >= 0.6 is 0 Å². The summed E-state index contributed by atoms with van der Waals surface area (Å²) in [5.74, 6) is -1.40. The minimum Gasteiger partial charge on any atom is -0.300 e. The normalized spacial score (nSPS) is 11.4. The summed E-state index contributed by atoms with van der Waals surface area (Å²) in [4.78, 5) is 32.7. The molecule has 1 aromatic rings. The van der Waals surface area contributed by atoms with E-state index in [0.717, 1.165) is 0 Å². The van der Waals surface area contributed by atoms with Crippen molar-refractivity contribution in [2.45, 2.75) is 19.8 Å². The van der Waals surface area contributed by atoms with Gasteiger partial charge in [0.2, 0.25) is 0 Å². The number of nitro groups is 1. The van der Waals surface area contributed by atoms with E-state index in [1.165, 1.54) is 31.2 Å². The van der Waals surface area contributed by atoms with Crippen LogP contribution in [0, 0.1) is 27.4 Å². The zero-order valence-electron chi connectivity index (χ0n) is 10.3. The van der Waals surface area contributed by atoms with E-state index in [1.807, 2.05) is 6.07 Å². The van der Waals surface area contributed by atoms with Gasteiger partial charge in [0.15, 0.2) is 5.78 Å². The lowest BCUT2D eigenvalue weighted by atomic mass is 9.94. The fourth-order valence-corrected chi connectivity index (χ4v) is 1.55. The summed E-state index contributed by atoms with van der Waals surface area (Å²) in [5.41, 5.74) is 0.120. The molecule has 0 aliphatic rings. The Kier molecular flexibility index (Phi) is 4.89. The summed E-state index contributed by atoms with van der Waals surface area (Å²) in [6, 6.07) is 6.92. The topological polar surface area (TPSA) is 101 Å². The van der Waals surface area contributed by atoms with Crippen molar-refractivity contribution < 1.29 is 14.5 Å². The highest BCUT2D eigenvalue weighted by Crippen LogP contribution is 2.17. The van der Waals surface area contributed by atoms with Crippen LogP contribution in [-0.2, 0) is 4.79 Å². The van der Waals surface area contributed by atoms with E-state index in [9.17, 15) is 19.7 Å². The lowest BCUT2D eigenvalue weighted by Gasteiger charge is -2.06. The Morgan fingerprint density at radius 1 is 1.37 bits per heavy atom.